The molecule has 0 aliphatic carbocycles. The van der Waals surface area contributed by atoms with E-state index in [0.29, 0.717) is 12.0 Å². The van der Waals surface area contributed by atoms with Crippen LogP contribution in [0.4, 0.5) is 0 Å². The average molecular weight is 262 g/mol. The van der Waals surface area contributed by atoms with Gasteiger partial charge in [0.1, 0.15) is 0 Å². The Balaban J connectivity index is 1.90. The average Bonchev–Trinajstić information content (AvgIpc) is 2.77. The lowest BCUT2D eigenvalue weighted by Gasteiger charge is -2.26. The van der Waals surface area contributed by atoms with Crippen molar-refractivity contribution in [3.05, 3.63) is 35.4 Å². The number of benzene rings is 1. The van der Waals surface area contributed by atoms with Gasteiger partial charge in [0, 0.05) is 18.6 Å². The van der Waals surface area contributed by atoms with Gasteiger partial charge in [-0.25, -0.2) is 0 Å². The second kappa shape index (κ2) is 6.51. The van der Waals surface area contributed by atoms with E-state index in [1.807, 2.05) is 0 Å². The smallest absolute Gasteiger partial charge is 0.0589 e. The summed E-state index contributed by atoms with van der Waals surface area (Å²) in [4.78, 5) is 2.39. The Morgan fingerprint density at radius 3 is 2.84 bits per heavy atom. The molecule has 0 bridgehead atoms. The van der Waals surface area contributed by atoms with Crippen LogP contribution in [0.1, 0.15) is 36.9 Å². The summed E-state index contributed by atoms with van der Waals surface area (Å²) < 4.78 is 0. The van der Waals surface area contributed by atoms with Gasteiger partial charge < -0.3 is 10.8 Å². The number of aliphatic hydroxyl groups excluding tert-OH is 1. The third-order valence-corrected chi connectivity index (χ3v) is 4.50. The molecule has 0 aromatic heterocycles. The Labute approximate surface area is 116 Å². The molecular weight excluding hydrogens is 236 g/mol. The number of hydrogen-bond acceptors (Lipinski definition) is 3. The number of nitrogens with two attached hydrogens (primary N) is 1. The van der Waals surface area contributed by atoms with Crippen molar-refractivity contribution >= 4 is 0 Å². The standard InChI is InChI=1S/C16H26N2O/c1-12-5-3-4-6-14(12)15(17)8-10-18-9-7-13(2)16(18)11-19/h3-6,13,15-16,19H,7-11,17H2,1-2H3. The lowest BCUT2D eigenvalue weighted by Crippen LogP contribution is -2.36. The maximum Gasteiger partial charge on any atom is 0.0589 e. The number of aliphatic hydroxyl groups is 1. The molecule has 1 saturated heterocycles. The summed E-state index contributed by atoms with van der Waals surface area (Å²) in [5.74, 6) is 0.597. The molecule has 0 amide bonds. The van der Waals surface area contributed by atoms with Gasteiger partial charge in [-0.2, -0.15) is 0 Å². The second-order valence-corrected chi connectivity index (χ2v) is 5.80. The zero-order valence-corrected chi connectivity index (χ0v) is 12.0. The molecule has 106 valence electrons. The van der Waals surface area contributed by atoms with Crippen molar-refractivity contribution in [3.63, 3.8) is 0 Å². The first-order chi connectivity index (χ1) is 9.13. The fourth-order valence-corrected chi connectivity index (χ4v) is 3.12. The van der Waals surface area contributed by atoms with Gasteiger partial charge in [-0.3, -0.25) is 4.90 Å². The van der Waals surface area contributed by atoms with Crippen molar-refractivity contribution in [2.45, 2.75) is 38.8 Å². The minimum Gasteiger partial charge on any atom is -0.395 e. The van der Waals surface area contributed by atoms with E-state index in [1.54, 1.807) is 0 Å². The lowest BCUT2D eigenvalue weighted by atomic mass is 9.99. The third kappa shape index (κ3) is 3.35. The van der Waals surface area contributed by atoms with E-state index in [1.165, 1.54) is 17.5 Å². The molecule has 0 saturated carbocycles. The normalized spacial score (nSPS) is 25.7. The van der Waals surface area contributed by atoms with Crippen LogP contribution in [0.5, 0.6) is 0 Å². The van der Waals surface area contributed by atoms with Crippen LogP contribution < -0.4 is 5.73 Å². The van der Waals surface area contributed by atoms with E-state index >= 15 is 0 Å². The first-order valence-electron chi connectivity index (χ1n) is 7.29. The summed E-state index contributed by atoms with van der Waals surface area (Å²) in [7, 11) is 0. The van der Waals surface area contributed by atoms with Crippen LogP contribution in [0, 0.1) is 12.8 Å². The number of rotatable bonds is 5. The Morgan fingerprint density at radius 1 is 1.42 bits per heavy atom. The molecule has 3 nitrogen and oxygen atoms in total. The largest absolute Gasteiger partial charge is 0.395 e. The molecule has 1 aromatic carbocycles. The van der Waals surface area contributed by atoms with Gasteiger partial charge >= 0.3 is 0 Å². The van der Waals surface area contributed by atoms with Gasteiger partial charge in [0.15, 0.2) is 0 Å². The Hall–Kier alpha value is -0.900. The van der Waals surface area contributed by atoms with E-state index in [0.717, 1.165) is 19.5 Å². The number of nitrogens with zero attached hydrogens (tertiary/aromatic N) is 1. The van der Waals surface area contributed by atoms with Gasteiger partial charge in [0.25, 0.3) is 0 Å². The molecule has 1 fully saturated rings. The topological polar surface area (TPSA) is 49.5 Å². The Bertz CT molecular complexity index is 407. The molecule has 1 heterocycles. The highest BCUT2D eigenvalue weighted by Crippen LogP contribution is 2.25. The number of hydrogen-bond donors (Lipinski definition) is 2. The van der Waals surface area contributed by atoms with Gasteiger partial charge in [0.2, 0.25) is 0 Å². The van der Waals surface area contributed by atoms with E-state index in [2.05, 4.69) is 43.0 Å². The molecular formula is C16H26N2O. The van der Waals surface area contributed by atoms with Crippen LogP contribution in [0.3, 0.4) is 0 Å². The van der Waals surface area contributed by atoms with Crippen molar-refractivity contribution in [1.82, 2.24) is 4.90 Å². The van der Waals surface area contributed by atoms with Gasteiger partial charge in [-0.15, -0.1) is 0 Å². The van der Waals surface area contributed by atoms with Crippen molar-refractivity contribution in [3.8, 4) is 0 Å². The molecule has 1 aromatic rings. The number of likely N-dealkylation sites (tertiary alicyclic amines) is 1. The van der Waals surface area contributed by atoms with E-state index < -0.39 is 0 Å². The van der Waals surface area contributed by atoms with Crippen molar-refractivity contribution in [2.24, 2.45) is 11.7 Å². The highest BCUT2D eigenvalue weighted by Gasteiger charge is 2.30. The maximum atomic E-state index is 9.46. The summed E-state index contributed by atoms with van der Waals surface area (Å²) >= 11 is 0. The summed E-state index contributed by atoms with van der Waals surface area (Å²) in [6.07, 6.45) is 2.14. The molecule has 3 heteroatoms. The summed E-state index contributed by atoms with van der Waals surface area (Å²) in [6, 6.07) is 8.76. The van der Waals surface area contributed by atoms with Crippen LogP contribution >= 0.6 is 0 Å². The van der Waals surface area contributed by atoms with E-state index in [-0.39, 0.29) is 12.6 Å². The summed E-state index contributed by atoms with van der Waals surface area (Å²) in [5, 5.41) is 9.46. The molecule has 0 spiro atoms. The predicted molar refractivity (Wildman–Crippen MR) is 79.0 cm³/mol. The minimum absolute atomic E-state index is 0.0939. The summed E-state index contributed by atoms with van der Waals surface area (Å²) in [5.41, 5.74) is 8.82. The Morgan fingerprint density at radius 2 is 2.16 bits per heavy atom. The van der Waals surface area contributed by atoms with Crippen molar-refractivity contribution in [2.75, 3.05) is 19.7 Å². The van der Waals surface area contributed by atoms with Crippen LogP contribution in [0.15, 0.2) is 24.3 Å². The van der Waals surface area contributed by atoms with E-state index in [9.17, 15) is 5.11 Å². The fourth-order valence-electron chi connectivity index (χ4n) is 3.12. The minimum atomic E-state index is 0.0939. The Kier molecular flexibility index (Phi) is 4.97. The zero-order valence-electron chi connectivity index (χ0n) is 12.0. The quantitative estimate of drug-likeness (QED) is 0.854. The highest BCUT2D eigenvalue weighted by atomic mass is 16.3. The van der Waals surface area contributed by atoms with Gasteiger partial charge in [-0.05, 0) is 43.4 Å². The second-order valence-electron chi connectivity index (χ2n) is 5.80. The van der Waals surface area contributed by atoms with Crippen LogP contribution in [-0.2, 0) is 0 Å². The molecule has 1 aliphatic heterocycles. The molecule has 3 unspecified atom stereocenters. The van der Waals surface area contributed by atoms with Crippen LogP contribution in [-0.4, -0.2) is 35.7 Å². The third-order valence-electron chi connectivity index (χ3n) is 4.50. The monoisotopic (exact) mass is 262 g/mol. The predicted octanol–water partition coefficient (Wildman–Crippen LogP) is 2.09. The lowest BCUT2D eigenvalue weighted by molar-refractivity contribution is 0.136. The molecule has 0 radical (unpaired) electrons. The maximum absolute atomic E-state index is 9.46. The first-order valence-corrected chi connectivity index (χ1v) is 7.29. The van der Waals surface area contributed by atoms with Gasteiger partial charge in [0.05, 0.1) is 6.61 Å². The van der Waals surface area contributed by atoms with Crippen molar-refractivity contribution < 1.29 is 5.11 Å². The molecule has 1 aliphatic rings. The molecule has 2 rings (SSSR count). The first kappa shape index (κ1) is 14.5. The SMILES string of the molecule is Cc1ccccc1C(N)CCN1CCC(C)C1CO. The van der Waals surface area contributed by atoms with Crippen LogP contribution in [0.25, 0.3) is 0 Å². The van der Waals surface area contributed by atoms with E-state index in [4.69, 9.17) is 5.73 Å². The molecule has 3 atom stereocenters. The molecule has 3 N–H and O–H groups in total. The fraction of sp³-hybridized carbons (Fsp3) is 0.625. The van der Waals surface area contributed by atoms with Crippen molar-refractivity contribution in [1.29, 1.82) is 0 Å². The summed E-state index contributed by atoms with van der Waals surface area (Å²) in [6.45, 7) is 6.67. The van der Waals surface area contributed by atoms with Crippen LogP contribution in [0.2, 0.25) is 0 Å². The highest BCUT2D eigenvalue weighted by molar-refractivity contribution is 5.28. The number of aryl methyl sites for hydroxylation is 1. The molecule has 19 heavy (non-hydrogen) atoms. The zero-order chi connectivity index (χ0) is 13.8. The van der Waals surface area contributed by atoms with Gasteiger partial charge in [-0.1, -0.05) is 31.2 Å².